The molecular weight excluding hydrogens is 337 g/mol. The lowest BCUT2D eigenvalue weighted by atomic mass is 10.2. The van der Waals surface area contributed by atoms with Gasteiger partial charge in [0, 0.05) is 18.3 Å². The number of phenols is 1. The number of benzene rings is 2. The summed E-state index contributed by atoms with van der Waals surface area (Å²) < 4.78 is 24.3. The lowest BCUT2D eigenvalue weighted by molar-refractivity contribution is 0.311. The van der Waals surface area contributed by atoms with Crippen molar-refractivity contribution in [3.63, 3.8) is 0 Å². The van der Waals surface area contributed by atoms with Gasteiger partial charge in [-0.2, -0.15) is 0 Å². The number of aromatic hydroxyl groups is 1. The van der Waals surface area contributed by atoms with E-state index < -0.39 is 5.82 Å². The van der Waals surface area contributed by atoms with Crippen LogP contribution in [0.1, 0.15) is 19.4 Å². The summed E-state index contributed by atoms with van der Waals surface area (Å²) in [6, 6.07) is 9.72. The summed E-state index contributed by atoms with van der Waals surface area (Å²) in [5, 5.41) is 15.6. The van der Waals surface area contributed by atoms with Crippen LogP contribution in [-0.2, 0) is 6.54 Å². The van der Waals surface area contributed by atoms with Crippen molar-refractivity contribution in [2.75, 3.05) is 25.6 Å². The molecule has 0 aliphatic heterocycles. The number of ether oxygens (including phenoxy) is 2. The van der Waals surface area contributed by atoms with Crippen molar-refractivity contribution in [1.29, 1.82) is 0 Å². The molecule has 0 bridgehead atoms. The van der Waals surface area contributed by atoms with Crippen LogP contribution in [-0.4, -0.2) is 31.3 Å². The fourth-order valence-corrected chi connectivity index (χ4v) is 2.28. The number of guanidine groups is 1. The number of hydrogen-bond donors (Lipinski definition) is 3. The summed E-state index contributed by atoms with van der Waals surface area (Å²) in [4.78, 5) is 4.44. The van der Waals surface area contributed by atoms with Crippen molar-refractivity contribution in [3.05, 3.63) is 47.8 Å². The Hall–Kier alpha value is -2.96. The highest BCUT2D eigenvalue weighted by Gasteiger charge is 2.07. The van der Waals surface area contributed by atoms with Crippen LogP contribution in [0.4, 0.5) is 10.1 Å². The molecule has 0 radical (unpaired) electrons. The molecule has 0 aliphatic carbocycles. The third-order valence-corrected chi connectivity index (χ3v) is 3.50. The minimum absolute atomic E-state index is 0.265. The maximum Gasteiger partial charge on any atom is 0.196 e. The average Bonchev–Trinajstić information content (AvgIpc) is 2.64. The first kappa shape index (κ1) is 19.4. The summed E-state index contributed by atoms with van der Waals surface area (Å²) >= 11 is 0. The SMILES string of the molecule is CCNC(=NCc1ccc(O)c(F)c1)Nc1ccc(OCC)c(OC)c1. The number of phenolic OH excluding ortho intramolecular Hbond substituents is 1. The second-order valence-corrected chi connectivity index (χ2v) is 5.40. The molecule has 0 heterocycles. The number of nitrogens with one attached hydrogen (secondary N) is 2. The molecule has 2 aromatic rings. The van der Waals surface area contributed by atoms with Gasteiger partial charge in [-0.1, -0.05) is 6.07 Å². The molecule has 0 amide bonds. The van der Waals surface area contributed by atoms with E-state index in [0.717, 1.165) is 5.69 Å². The first-order valence-electron chi connectivity index (χ1n) is 8.40. The summed E-state index contributed by atoms with van der Waals surface area (Å²) in [6.45, 7) is 5.35. The Kier molecular flexibility index (Phi) is 7.08. The number of rotatable bonds is 7. The number of aliphatic imine (C=N–C) groups is 1. The molecule has 0 aromatic heterocycles. The lowest BCUT2D eigenvalue weighted by Gasteiger charge is -2.14. The topological polar surface area (TPSA) is 75.1 Å². The molecule has 140 valence electrons. The largest absolute Gasteiger partial charge is 0.505 e. The molecule has 0 unspecified atom stereocenters. The van der Waals surface area contributed by atoms with Gasteiger partial charge in [-0.05, 0) is 43.7 Å². The van der Waals surface area contributed by atoms with Gasteiger partial charge in [-0.3, -0.25) is 0 Å². The highest BCUT2D eigenvalue weighted by Crippen LogP contribution is 2.30. The lowest BCUT2D eigenvalue weighted by Crippen LogP contribution is -2.30. The first-order chi connectivity index (χ1) is 12.6. The zero-order valence-electron chi connectivity index (χ0n) is 15.2. The molecule has 6 nitrogen and oxygen atoms in total. The Labute approximate surface area is 152 Å². The highest BCUT2D eigenvalue weighted by atomic mass is 19.1. The van der Waals surface area contributed by atoms with Crippen LogP contribution in [0.15, 0.2) is 41.4 Å². The maximum atomic E-state index is 13.4. The number of methoxy groups -OCH3 is 1. The van der Waals surface area contributed by atoms with Crippen LogP contribution in [0, 0.1) is 5.82 Å². The van der Waals surface area contributed by atoms with Crippen LogP contribution in [0.25, 0.3) is 0 Å². The minimum atomic E-state index is -0.660. The predicted molar refractivity (Wildman–Crippen MR) is 101 cm³/mol. The van der Waals surface area contributed by atoms with Gasteiger partial charge in [0.25, 0.3) is 0 Å². The van der Waals surface area contributed by atoms with Crippen LogP contribution in [0.2, 0.25) is 0 Å². The van der Waals surface area contributed by atoms with Crippen molar-refractivity contribution in [3.8, 4) is 17.2 Å². The molecule has 0 atom stereocenters. The predicted octanol–water partition coefficient (Wildman–Crippen LogP) is 3.52. The Balaban J connectivity index is 2.15. The normalized spacial score (nSPS) is 11.2. The molecule has 7 heteroatoms. The second kappa shape index (κ2) is 9.50. The molecule has 26 heavy (non-hydrogen) atoms. The fraction of sp³-hybridized carbons (Fsp3) is 0.316. The molecule has 0 fully saturated rings. The van der Waals surface area contributed by atoms with E-state index >= 15 is 0 Å². The van der Waals surface area contributed by atoms with E-state index in [4.69, 9.17) is 9.47 Å². The van der Waals surface area contributed by atoms with E-state index in [2.05, 4.69) is 15.6 Å². The standard InChI is InChI=1S/C19H24FN3O3/c1-4-21-19(22-12-13-6-8-16(24)15(20)10-13)23-14-7-9-17(26-5-2)18(11-14)25-3/h6-11,24H,4-5,12H2,1-3H3,(H2,21,22,23). The second-order valence-electron chi connectivity index (χ2n) is 5.40. The fourth-order valence-electron chi connectivity index (χ4n) is 2.28. The first-order valence-corrected chi connectivity index (χ1v) is 8.40. The number of hydrogen-bond acceptors (Lipinski definition) is 4. The number of halogens is 1. The summed E-state index contributed by atoms with van der Waals surface area (Å²) in [5.41, 5.74) is 1.43. The number of anilines is 1. The van der Waals surface area contributed by atoms with Crippen LogP contribution < -0.4 is 20.1 Å². The third-order valence-electron chi connectivity index (χ3n) is 3.50. The van der Waals surface area contributed by atoms with Crippen molar-refractivity contribution < 1.29 is 19.0 Å². The zero-order chi connectivity index (χ0) is 18.9. The van der Waals surface area contributed by atoms with Gasteiger partial charge in [0.15, 0.2) is 29.0 Å². The molecular formula is C19H24FN3O3. The monoisotopic (exact) mass is 361 g/mol. The van der Waals surface area contributed by atoms with Crippen LogP contribution >= 0.6 is 0 Å². The van der Waals surface area contributed by atoms with Crippen molar-refractivity contribution in [1.82, 2.24) is 5.32 Å². The van der Waals surface area contributed by atoms with E-state index in [0.29, 0.717) is 36.2 Å². The molecule has 0 spiro atoms. The van der Waals surface area contributed by atoms with Gasteiger partial charge in [0.2, 0.25) is 0 Å². The molecule has 2 aromatic carbocycles. The van der Waals surface area contributed by atoms with Crippen LogP contribution in [0.3, 0.4) is 0 Å². The zero-order valence-corrected chi connectivity index (χ0v) is 15.2. The van der Waals surface area contributed by atoms with Gasteiger partial charge < -0.3 is 25.2 Å². The van der Waals surface area contributed by atoms with E-state index in [9.17, 15) is 9.50 Å². The summed E-state index contributed by atoms with van der Waals surface area (Å²) in [5.74, 6) is 0.804. The van der Waals surface area contributed by atoms with Crippen LogP contribution in [0.5, 0.6) is 17.2 Å². The van der Waals surface area contributed by atoms with Crippen molar-refractivity contribution in [2.45, 2.75) is 20.4 Å². The van der Waals surface area contributed by atoms with Gasteiger partial charge in [-0.25, -0.2) is 9.38 Å². The summed E-state index contributed by atoms with van der Waals surface area (Å²) in [7, 11) is 1.58. The molecule has 3 N–H and O–H groups in total. The van der Waals surface area contributed by atoms with Gasteiger partial charge in [-0.15, -0.1) is 0 Å². The van der Waals surface area contributed by atoms with Gasteiger partial charge >= 0.3 is 0 Å². The molecule has 2 rings (SSSR count). The van der Waals surface area contributed by atoms with Gasteiger partial charge in [0.05, 0.1) is 20.3 Å². The quantitative estimate of drug-likeness (QED) is 0.520. The smallest absolute Gasteiger partial charge is 0.196 e. The molecule has 0 saturated carbocycles. The Bertz CT molecular complexity index is 766. The van der Waals surface area contributed by atoms with E-state index in [1.165, 1.54) is 12.1 Å². The average molecular weight is 361 g/mol. The minimum Gasteiger partial charge on any atom is -0.505 e. The van der Waals surface area contributed by atoms with Gasteiger partial charge in [0.1, 0.15) is 0 Å². The Morgan fingerprint density at radius 2 is 1.96 bits per heavy atom. The Morgan fingerprint density at radius 3 is 2.62 bits per heavy atom. The molecule has 0 aliphatic rings. The van der Waals surface area contributed by atoms with E-state index in [-0.39, 0.29) is 12.3 Å². The van der Waals surface area contributed by atoms with Crippen molar-refractivity contribution in [2.24, 2.45) is 4.99 Å². The highest BCUT2D eigenvalue weighted by molar-refractivity contribution is 5.93. The summed E-state index contributed by atoms with van der Waals surface area (Å²) in [6.07, 6.45) is 0. The maximum absolute atomic E-state index is 13.4. The van der Waals surface area contributed by atoms with Crippen molar-refractivity contribution >= 4 is 11.6 Å². The van der Waals surface area contributed by atoms with E-state index in [1.807, 2.05) is 32.0 Å². The Morgan fingerprint density at radius 1 is 1.15 bits per heavy atom. The number of nitrogens with zero attached hydrogens (tertiary/aromatic N) is 1. The van der Waals surface area contributed by atoms with E-state index in [1.54, 1.807) is 13.2 Å². The molecule has 0 saturated heterocycles. The third kappa shape index (κ3) is 5.27.